The molecule has 92 valence electrons. The molecule has 1 aliphatic rings. The van der Waals surface area contributed by atoms with E-state index < -0.39 is 11.7 Å². The topological polar surface area (TPSA) is 29.1 Å². The van der Waals surface area contributed by atoms with Gasteiger partial charge in [0, 0.05) is 5.54 Å². The van der Waals surface area contributed by atoms with E-state index in [0.717, 1.165) is 25.0 Å². The lowest BCUT2D eigenvalue weighted by molar-refractivity contribution is -0.137. The van der Waals surface area contributed by atoms with Gasteiger partial charge in [0.05, 0.1) is 5.56 Å². The van der Waals surface area contributed by atoms with Gasteiger partial charge in [0.15, 0.2) is 0 Å². The lowest BCUT2D eigenvalue weighted by Gasteiger charge is -2.15. The molecule has 0 aliphatic heterocycles. The number of benzene rings is 1. The Labute approximate surface area is 96.8 Å². The first-order chi connectivity index (χ1) is 7.95. The number of carbonyl (C=O) groups excluding carboxylic acids is 1. The number of carbonyl (C=O) groups is 1. The largest absolute Gasteiger partial charge is 0.416 e. The van der Waals surface area contributed by atoms with Crippen LogP contribution in [-0.4, -0.2) is 11.9 Å². The summed E-state index contributed by atoms with van der Waals surface area (Å²) in [5, 5.41) is 2.68. The summed E-state index contributed by atoms with van der Waals surface area (Å²) in [7, 11) is 0. The minimum atomic E-state index is -4.31. The predicted molar refractivity (Wildman–Crippen MR) is 56.3 cm³/mol. The maximum Gasteiger partial charge on any atom is 0.416 e. The van der Waals surface area contributed by atoms with Crippen molar-refractivity contribution < 1.29 is 18.0 Å². The second kappa shape index (κ2) is 4.05. The van der Waals surface area contributed by atoms with Crippen LogP contribution < -0.4 is 5.32 Å². The number of halogens is 3. The van der Waals surface area contributed by atoms with Crippen LogP contribution in [0.3, 0.4) is 0 Å². The molecule has 0 radical (unpaired) electrons. The molecule has 1 amide bonds. The molecule has 1 fully saturated rings. The van der Waals surface area contributed by atoms with E-state index in [2.05, 4.69) is 5.32 Å². The van der Waals surface area contributed by atoms with E-state index in [1.54, 1.807) is 6.07 Å². The number of amides is 1. The van der Waals surface area contributed by atoms with Gasteiger partial charge in [-0.25, -0.2) is 0 Å². The van der Waals surface area contributed by atoms with E-state index in [9.17, 15) is 18.0 Å². The fourth-order valence-corrected chi connectivity index (χ4v) is 1.90. The van der Waals surface area contributed by atoms with E-state index in [0.29, 0.717) is 18.4 Å². The van der Waals surface area contributed by atoms with Crippen molar-refractivity contribution in [3.05, 3.63) is 35.4 Å². The Morgan fingerprint density at radius 2 is 2.06 bits per heavy atom. The molecule has 1 N–H and O–H groups in total. The Kier molecular flexibility index (Phi) is 2.85. The normalized spacial score (nSPS) is 17.6. The summed E-state index contributed by atoms with van der Waals surface area (Å²) in [6, 6.07) is 5.25. The maximum atomic E-state index is 12.5. The lowest BCUT2D eigenvalue weighted by Crippen LogP contribution is -2.32. The first-order valence-electron chi connectivity index (χ1n) is 5.33. The van der Waals surface area contributed by atoms with Crippen LogP contribution in [-0.2, 0) is 17.4 Å². The maximum absolute atomic E-state index is 12.5. The molecular formula is C12H12F3NO. The molecule has 0 heterocycles. The van der Waals surface area contributed by atoms with Crippen molar-refractivity contribution in [3.63, 3.8) is 0 Å². The fraction of sp³-hybridized carbons (Fsp3) is 0.417. The first-order valence-corrected chi connectivity index (χ1v) is 5.33. The third kappa shape index (κ3) is 2.78. The third-order valence-corrected chi connectivity index (χ3v) is 3.02. The van der Waals surface area contributed by atoms with Gasteiger partial charge >= 0.3 is 6.18 Å². The van der Waals surface area contributed by atoms with Gasteiger partial charge in [0.2, 0.25) is 6.41 Å². The number of rotatable bonds is 4. The Morgan fingerprint density at radius 3 is 2.59 bits per heavy atom. The van der Waals surface area contributed by atoms with Crippen LogP contribution in [0.5, 0.6) is 0 Å². The van der Waals surface area contributed by atoms with Crippen LogP contribution in [0, 0.1) is 0 Å². The SMILES string of the molecule is O=CNC1(Cc2cccc(C(F)(F)F)c2)CC1. The Morgan fingerprint density at radius 1 is 1.35 bits per heavy atom. The van der Waals surface area contributed by atoms with Gasteiger partial charge in [-0.1, -0.05) is 18.2 Å². The average Bonchev–Trinajstić information content (AvgIpc) is 2.97. The number of hydrogen-bond acceptors (Lipinski definition) is 1. The highest BCUT2D eigenvalue weighted by atomic mass is 19.4. The standard InChI is InChI=1S/C12H12F3NO/c13-12(14,15)10-3-1-2-9(6-10)7-11(4-5-11)16-8-17/h1-3,6,8H,4-5,7H2,(H,16,17). The van der Waals surface area contributed by atoms with Crippen LogP contribution in [0.4, 0.5) is 13.2 Å². The minimum Gasteiger partial charge on any atom is -0.353 e. The quantitative estimate of drug-likeness (QED) is 0.809. The van der Waals surface area contributed by atoms with Gasteiger partial charge < -0.3 is 5.32 Å². The van der Waals surface area contributed by atoms with Crippen molar-refractivity contribution in [3.8, 4) is 0 Å². The van der Waals surface area contributed by atoms with E-state index in [1.807, 2.05) is 0 Å². The van der Waals surface area contributed by atoms with E-state index in [4.69, 9.17) is 0 Å². The zero-order valence-electron chi connectivity index (χ0n) is 9.05. The molecule has 1 aromatic carbocycles. The summed E-state index contributed by atoms with van der Waals surface area (Å²) in [5.74, 6) is 0. The van der Waals surface area contributed by atoms with Crippen molar-refractivity contribution in [1.29, 1.82) is 0 Å². The average molecular weight is 243 g/mol. The van der Waals surface area contributed by atoms with Crippen molar-refractivity contribution in [1.82, 2.24) is 5.32 Å². The molecule has 0 aromatic heterocycles. The second-order valence-corrected chi connectivity index (χ2v) is 4.42. The highest BCUT2D eigenvalue weighted by Crippen LogP contribution is 2.39. The Balaban J connectivity index is 2.15. The number of nitrogens with one attached hydrogen (secondary N) is 1. The Hall–Kier alpha value is -1.52. The van der Waals surface area contributed by atoms with Gasteiger partial charge in [-0.05, 0) is 30.9 Å². The van der Waals surface area contributed by atoms with Crippen molar-refractivity contribution in [2.45, 2.75) is 31.0 Å². The summed E-state index contributed by atoms with van der Waals surface area (Å²) in [4.78, 5) is 10.4. The zero-order chi connectivity index (χ0) is 12.5. The monoisotopic (exact) mass is 243 g/mol. The summed E-state index contributed by atoms with van der Waals surface area (Å²) in [5.41, 5.74) is -0.352. The Bertz CT molecular complexity index is 424. The summed E-state index contributed by atoms with van der Waals surface area (Å²) < 4.78 is 37.5. The van der Waals surface area contributed by atoms with Crippen LogP contribution in [0.1, 0.15) is 24.0 Å². The van der Waals surface area contributed by atoms with Crippen LogP contribution in [0.2, 0.25) is 0 Å². The number of alkyl halides is 3. The van der Waals surface area contributed by atoms with Crippen LogP contribution in [0.15, 0.2) is 24.3 Å². The van der Waals surface area contributed by atoms with E-state index >= 15 is 0 Å². The fourth-order valence-electron chi connectivity index (χ4n) is 1.90. The van der Waals surface area contributed by atoms with Crippen molar-refractivity contribution >= 4 is 6.41 Å². The molecule has 1 saturated carbocycles. The van der Waals surface area contributed by atoms with Gasteiger partial charge in [0.25, 0.3) is 0 Å². The molecule has 1 aliphatic carbocycles. The zero-order valence-corrected chi connectivity index (χ0v) is 9.05. The molecule has 0 bridgehead atoms. The molecule has 0 atom stereocenters. The van der Waals surface area contributed by atoms with Gasteiger partial charge in [0.1, 0.15) is 0 Å². The molecule has 2 nitrogen and oxygen atoms in total. The molecule has 0 saturated heterocycles. The van der Waals surface area contributed by atoms with Crippen molar-refractivity contribution in [2.24, 2.45) is 0 Å². The number of hydrogen-bond donors (Lipinski definition) is 1. The molecule has 2 rings (SSSR count). The van der Waals surface area contributed by atoms with Gasteiger partial charge in [-0.15, -0.1) is 0 Å². The van der Waals surface area contributed by atoms with Crippen LogP contribution >= 0.6 is 0 Å². The molecule has 17 heavy (non-hydrogen) atoms. The minimum absolute atomic E-state index is 0.314. The third-order valence-electron chi connectivity index (χ3n) is 3.02. The van der Waals surface area contributed by atoms with E-state index in [1.165, 1.54) is 6.07 Å². The highest BCUT2D eigenvalue weighted by molar-refractivity contribution is 5.50. The highest BCUT2D eigenvalue weighted by Gasteiger charge is 2.42. The second-order valence-electron chi connectivity index (χ2n) is 4.42. The summed E-state index contributed by atoms with van der Waals surface area (Å²) in [6.07, 6.45) is -1.61. The van der Waals surface area contributed by atoms with Crippen molar-refractivity contribution in [2.75, 3.05) is 0 Å². The molecular weight excluding hydrogens is 231 g/mol. The lowest BCUT2D eigenvalue weighted by atomic mass is 10.0. The van der Waals surface area contributed by atoms with Crippen LogP contribution in [0.25, 0.3) is 0 Å². The summed E-state index contributed by atoms with van der Waals surface area (Å²) in [6.45, 7) is 0. The van der Waals surface area contributed by atoms with Gasteiger partial charge in [-0.3, -0.25) is 4.79 Å². The summed E-state index contributed by atoms with van der Waals surface area (Å²) >= 11 is 0. The molecule has 0 spiro atoms. The van der Waals surface area contributed by atoms with Gasteiger partial charge in [-0.2, -0.15) is 13.2 Å². The predicted octanol–water partition coefficient (Wildman–Crippen LogP) is 2.53. The first kappa shape index (κ1) is 12.0. The smallest absolute Gasteiger partial charge is 0.353 e. The van der Waals surface area contributed by atoms with E-state index in [-0.39, 0.29) is 5.54 Å². The molecule has 5 heteroatoms. The molecule has 1 aromatic rings. The molecule has 0 unspecified atom stereocenters.